The van der Waals surface area contributed by atoms with Crippen LogP contribution >= 0.6 is 0 Å². The van der Waals surface area contributed by atoms with Crippen LogP contribution in [0.4, 0.5) is 0 Å². The summed E-state index contributed by atoms with van der Waals surface area (Å²) in [7, 11) is 0. The van der Waals surface area contributed by atoms with Gasteiger partial charge < -0.3 is 135 Å². The molecule has 4 aliphatic heterocycles. The Morgan fingerprint density at radius 3 is 1.04 bits per heavy atom. The van der Waals surface area contributed by atoms with E-state index in [0.29, 0.717) is 38.1 Å². The number of amides is 7. The summed E-state index contributed by atoms with van der Waals surface area (Å²) in [4.78, 5) is 103. The molecule has 0 aliphatic carbocycles. The average Bonchev–Trinajstić information content (AvgIpc) is 0.819. The predicted molar refractivity (Wildman–Crippen MR) is 362 cm³/mol. The summed E-state index contributed by atoms with van der Waals surface area (Å²) in [6.07, 6.45) is -13.6. The minimum atomic E-state index is -1.67. The molecular formula is C68H121N7O28. The molecule has 35 nitrogen and oxygen atoms in total. The number of ketones is 1. The lowest BCUT2D eigenvalue weighted by atomic mass is 9.95. The van der Waals surface area contributed by atoms with E-state index >= 15 is 0 Å². The Morgan fingerprint density at radius 1 is 0.291 bits per heavy atom. The fourth-order valence-electron chi connectivity index (χ4n) is 11.5. The van der Waals surface area contributed by atoms with Gasteiger partial charge >= 0.3 is 0 Å². The second-order valence-electron chi connectivity index (χ2n) is 27.1. The van der Waals surface area contributed by atoms with Crippen molar-refractivity contribution in [1.82, 2.24) is 37.2 Å². The van der Waals surface area contributed by atoms with E-state index in [0.717, 1.165) is 19.3 Å². The Hall–Kier alpha value is -4.84. The second kappa shape index (κ2) is 50.7. The first-order valence-electron chi connectivity index (χ1n) is 36.6. The molecule has 4 saturated heterocycles. The first-order chi connectivity index (χ1) is 49.2. The molecule has 103 heavy (non-hydrogen) atoms. The Labute approximate surface area is 603 Å². The van der Waals surface area contributed by atoms with E-state index < -0.39 is 146 Å². The summed E-state index contributed by atoms with van der Waals surface area (Å²) in [5.74, 6) is -4.45. The van der Waals surface area contributed by atoms with Gasteiger partial charge in [-0.05, 0) is 44.4 Å². The summed E-state index contributed by atoms with van der Waals surface area (Å²) in [5.41, 5.74) is 0. The molecule has 16 N–H and O–H groups in total. The zero-order valence-electron chi connectivity index (χ0n) is 60.7. The maximum atomic E-state index is 13.2. The number of rotatable bonds is 52. The van der Waals surface area contributed by atoms with Crippen LogP contribution in [0.2, 0.25) is 0 Å². The third-order valence-corrected chi connectivity index (χ3v) is 17.9. The van der Waals surface area contributed by atoms with Gasteiger partial charge in [-0.2, -0.15) is 0 Å². The van der Waals surface area contributed by atoms with Crippen molar-refractivity contribution in [1.29, 1.82) is 0 Å². The summed E-state index contributed by atoms with van der Waals surface area (Å²) in [5, 5.41) is 109. The van der Waals surface area contributed by atoms with Crippen LogP contribution in [0.1, 0.15) is 164 Å². The fourth-order valence-corrected chi connectivity index (χ4v) is 11.5. The molecule has 0 radical (unpaired) electrons. The first-order valence-corrected chi connectivity index (χ1v) is 36.6. The summed E-state index contributed by atoms with van der Waals surface area (Å²) in [6, 6.07) is 0. The third-order valence-electron chi connectivity index (χ3n) is 17.9. The highest BCUT2D eigenvalue weighted by Crippen LogP contribution is 2.33. The smallest absolute Gasteiger partial charge is 0.222 e. The van der Waals surface area contributed by atoms with Gasteiger partial charge in [-0.3, -0.25) is 38.4 Å². The van der Waals surface area contributed by atoms with Gasteiger partial charge in [-0.1, -0.05) is 67.2 Å². The van der Waals surface area contributed by atoms with Crippen molar-refractivity contribution in [2.45, 2.75) is 263 Å². The number of hydrogen-bond acceptors (Lipinski definition) is 28. The van der Waals surface area contributed by atoms with Crippen LogP contribution in [0, 0.1) is 29.6 Å². The van der Waals surface area contributed by atoms with Gasteiger partial charge in [0.2, 0.25) is 41.4 Å². The van der Waals surface area contributed by atoms with Crippen LogP contribution in [0.25, 0.3) is 0 Å². The van der Waals surface area contributed by atoms with Crippen molar-refractivity contribution in [2.24, 2.45) is 29.6 Å². The van der Waals surface area contributed by atoms with Gasteiger partial charge in [0, 0.05) is 114 Å². The number of nitrogens with one attached hydrogen (secondary N) is 7. The maximum absolute atomic E-state index is 13.2. The van der Waals surface area contributed by atoms with Crippen LogP contribution in [0.15, 0.2) is 0 Å². The lowest BCUT2D eigenvalue weighted by Crippen LogP contribution is -2.57. The van der Waals surface area contributed by atoms with Gasteiger partial charge in [0.1, 0.15) is 30.2 Å². The van der Waals surface area contributed by atoms with Gasteiger partial charge in [0.25, 0.3) is 0 Å². The fraction of sp³-hybridized carbons (Fsp3) is 0.882. The van der Waals surface area contributed by atoms with Crippen molar-refractivity contribution in [3.05, 3.63) is 0 Å². The molecular weight excluding hydrogens is 1360 g/mol. The van der Waals surface area contributed by atoms with E-state index in [1.807, 2.05) is 0 Å². The zero-order valence-corrected chi connectivity index (χ0v) is 60.7. The molecule has 20 atom stereocenters. The highest BCUT2D eigenvalue weighted by Gasteiger charge is 2.48. The molecule has 0 saturated carbocycles. The molecule has 4 heterocycles. The van der Waals surface area contributed by atoms with Crippen molar-refractivity contribution >= 4 is 47.1 Å². The maximum Gasteiger partial charge on any atom is 0.222 e. The Balaban J connectivity index is 1.33. The summed E-state index contributed by atoms with van der Waals surface area (Å²) >= 11 is 0. The van der Waals surface area contributed by atoms with Crippen molar-refractivity contribution in [2.75, 3.05) is 92.1 Å². The third kappa shape index (κ3) is 35.2. The lowest BCUT2D eigenvalue weighted by molar-refractivity contribution is -0.348. The number of hydrogen-bond donors (Lipinski definition) is 16. The largest absolute Gasteiger partial charge is 0.390 e. The molecule has 0 spiro atoms. The highest BCUT2D eigenvalue weighted by atomic mass is 16.8. The van der Waals surface area contributed by atoms with Crippen LogP contribution in [0.5, 0.6) is 0 Å². The molecule has 0 aromatic rings. The number of carbonyl (C=O) groups is 8. The normalized spacial score (nSPS) is 29.4. The van der Waals surface area contributed by atoms with E-state index in [-0.39, 0.29) is 173 Å². The highest BCUT2D eigenvalue weighted by molar-refractivity contribution is 5.80. The molecule has 596 valence electrons. The summed E-state index contributed by atoms with van der Waals surface area (Å²) in [6.45, 7) is 11.6. The van der Waals surface area contributed by atoms with E-state index in [4.69, 9.17) is 52.1 Å². The van der Waals surface area contributed by atoms with Crippen molar-refractivity contribution in [3.8, 4) is 0 Å². The van der Waals surface area contributed by atoms with E-state index in [1.54, 1.807) is 27.7 Å². The molecule has 4 aliphatic rings. The zero-order chi connectivity index (χ0) is 75.8. The molecule has 4 fully saturated rings. The standard InChI is InChI=1S/C68H121N7O28/c1-40(2)16-9-7-8-10-26-69-46(77)19-11-20-47(78)71-28-15-35-97-67-44(6)59(93-36-22-50(81)73-30-29-72-48(79)21-14-34-96-65-42(4)54(85)57(88)62(91)101-65)60(94-37-23-49(80)70-27-12-17-45(76)18-13-33-95-64-41(3)53(84)56(87)61(90)100-64)68(103-67)99-39-25-52(83)75-32-31-74-51(82)24-38-98-66-43(5)55(86)58(89)63(92)102-66/h40-44,53-68,84-92H,7-39H2,1-6H3,(H,69,77)(H,70,80)(H,71,78)(H,72,79)(H,73,81)(H,74,82)(H,75,83)/t41-,42-,43-,44-,53+,54+,55+,56?,57?,58?,59+,60?,61?,62?,63?,64?,65?,66?,67?,68?/m0/s1. The topological polar surface area (TPSA) is 504 Å². The van der Waals surface area contributed by atoms with Crippen molar-refractivity contribution < 1.29 is 136 Å². The van der Waals surface area contributed by atoms with E-state index in [2.05, 4.69) is 51.1 Å². The number of Topliss-reactive ketones (excluding diaryl/α,β-unsaturated/α-hetero) is 1. The molecule has 12 unspecified atom stereocenters. The van der Waals surface area contributed by atoms with Gasteiger partial charge in [0.15, 0.2) is 50.3 Å². The van der Waals surface area contributed by atoms with Crippen LogP contribution in [-0.2, 0) is 90.5 Å². The Bertz CT molecular complexity index is 2460. The van der Waals surface area contributed by atoms with Gasteiger partial charge in [-0.15, -0.1) is 0 Å². The molecule has 4 rings (SSSR count). The minimum Gasteiger partial charge on any atom is -0.390 e. The number of unbranched alkanes of at least 4 members (excludes halogenated alkanes) is 3. The first kappa shape index (κ1) is 90.6. The molecule has 7 amide bonds. The van der Waals surface area contributed by atoms with E-state index in [9.17, 15) is 84.3 Å². The van der Waals surface area contributed by atoms with Gasteiger partial charge in [0.05, 0.1) is 83.5 Å². The number of ether oxygens (including phenoxy) is 11. The number of aliphatic hydroxyl groups excluding tert-OH is 9. The Kier molecular flexibility index (Phi) is 44.5. The predicted octanol–water partition coefficient (Wildman–Crippen LogP) is -2.29. The van der Waals surface area contributed by atoms with Crippen LogP contribution < -0.4 is 37.2 Å². The summed E-state index contributed by atoms with van der Waals surface area (Å²) < 4.78 is 64.0. The lowest BCUT2D eigenvalue weighted by Gasteiger charge is -2.44. The van der Waals surface area contributed by atoms with Crippen molar-refractivity contribution in [3.63, 3.8) is 0 Å². The monoisotopic (exact) mass is 1480 g/mol. The quantitative estimate of drug-likeness (QED) is 0.0285. The van der Waals surface area contributed by atoms with Crippen LogP contribution in [-0.4, -0.2) is 284 Å². The Morgan fingerprint density at radius 2 is 0.602 bits per heavy atom. The SMILES string of the molecule is CC(C)CCCCCCNC(=O)CCCC(=O)NCCCOC1OC(OCCC(=O)NCCNC(=O)CCOC2OC(O)C(O)[C@H](O)[C@@H]2C)C(OCCC(=O)NCCCC(=O)CCCOC2OC(O)C(O)[C@H](O)[C@@H]2C)[C@H](OCCC(=O)NCCNC(=O)CCCOC2OC(O)C(O)[C@H](O)[C@@H]2C)[C@@H]1C. The van der Waals surface area contributed by atoms with Crippen LogP contribution in [0.3, 0.4) is 0 Å². The second-order valence-corrected chi connectivity index (χ2v) is 27.1. The number of aliphatic hydroxyl groups is 9. The molecule has 35 heteroatoms. The average molecular weight is 1480 g/mol. The van der Waals surface area contributed by atoms with Gasteiger partial charge in [-0.25, -0.2) is 0 Å². The number of carbonyl (C=O) groups excluding carboxylic acids is 8. The molecule has 0 aromatic carbocycles. The minimum absolute atomic E-state index is 0.0247. The molecule has 0 aromatic heterocycles. The molecule has 0 bridgehead atoms. The van der Waals surface area contributed by atoms with E-state index in [1.165, 1.54) is 12.8 Å².